The van der Waals surface area contributed by atoms with Gasteiger partial charge in [0.25, 0.3) is 5.91 Å². The van der Waals surface area contributed by atoms with Crippen molar-refractivity contribution in [2.24, 2.45) is 0 Å². The first kappa shape index (κ1) is 15.6. The highest BCUT2D eigenvalue weighted by molar-refractivity contribution is 7.89. The minimum Gasteiger partial charge on any atom is -0.298 e. The zero-order valence-corrected chi connectivity index (χ0v) is 13.2. The van der Waals surface area contributed by atoms with Crippen LogP contribution in [-0.2, 0) is 10.0 Å². The van der Waals surface area contributed by atoms with Gasteiger partial charge in [-0.2, -0.15) is 0 Å². The largest absolute Gasteiger partial charge is 0.298 e. The lowest BCUT2D eigenvalue weighted by Gasteiger charge is -2.09. The molecule has 0 spiro atoms. The molecular formula is C13H15N3O3S2. The molecule has 0 aliphatic heterocycles. The summed E-state index contributed by atoms with van der Waals surface area (Å²) in [6, 6.07) is 4.46. The predicted octanol–water partition coefficient (Wildman–Crippen LogP) is 2.00. The van der Waals surface area contributed by atoms with E-state index in [-0.39, 0.29) is 17.3 Å². The van der Waals surface area contributed by atoms with E-state index in [1.54, 1.807) is 31.5 Å². The fraction of sp³-hybridized carbons (Fsp3) is 0.231. The number of sulfonamides is 1. The zero-order chi connectivity index (χ0) is 15.5. The Kier molecular flexibility index (Phi) is 4.71. The van der Waals surface area contributed by atoms with Gasteiger partial charge in [0.2, 0.25) is 10.0 Å². The van der Waals surface area contributed by atoms with Crippen LogP contribution >= 0.6 is 11.3 Å². The quantitative estimate of drug-likeness (QED) is 0.880. The summed E-state index contributed by atoms with van der Waals surface area (Å²) in [7, 11) is -3.59. The molecule has 2 rings (SSSR count). The van der Waals surface area contributed by atoms with Crippen LogP contribution in [0.5, 0.6) is 0 Å². The summed E-state index contributed by atoms with van der Waals surface area (Å²) in [6.07, 6.45) is 1.58. The van der Waals surface area contributed by atoms with Crippen molar-refractivity contribution in [2.75, 3.05) is 11.9 Å². The fourth-order valence-corrected chi connectivity index (χ4v) is 3.33. The van der Waals surface area contributed by atoms with Crippen molar-refractivity contribution in [2.45, 2.75) is 18.7 Å². The van der Waals surface area contributed by atoms with Gasteiger partial charge in [0.05, 0.1) is 4.90 Å². The molecule has 1 heterocycles. The third-order valence-corrected chi connectivity index (χ3v) is 4.98. The molecule has 21 heavy (non-hydrogen) atoms. The van der Waals surface area contributed by atoms with Crippen molar-refractivity contribution >= 4 is 32.4 Å². The molecule has 1 aromatic heterocycles. The minimum absolute atomic E-state index is 0.0687. The number of carbonyl (C=O) groups excluding carboxylic acids is 1. The molecule has 0 radical (unpaired) electrons. The third kappa shape index (κ3) is 3.66. The van der Waals surface area contributed by atoms with E-state index in [9.17, 15) is 13.2 Å². The van der Waals surface area contributed by atoms with Crippen LogP contribution in [-0.4, -0.2) is 25.9 Å². The van der Waals surface area contributed by atoms with E-state index in [4.69, 9.17) is 0 Å². The van der Waals surface area contributed by atoms with Crippen molar-refractivity contribution in [1.29, 1.82) is 0 Å². The van der Waals surface area contributed by atoms with Crippen LogP contribution < -0.4 is 10.0 Å². The number of amides is 1. The average Bonchev–Trinajstić information content (AvgIpc) is 2.91. The number of aryl methyl sites for hydroxylation is 1. The molecule has 112 valence electrons. The molecular weight excluding hydrogens is 310 g/mol. The molecule has 0 aliphatic rings. The van der Waals surface area contributed by atoms with Crippen LogP contribution in [0.1, 0.15) is 22.8 Å². The first-order chi connectivity index (χ1) is 9.94. The summed E-state index contributed by atoms with van der Waals surface area (Å²) in [5.41, 5.74) is 1.00. The van der Waals surface area contributed by atoms with Gasteiger partial charge >= 0.3 is 0 Å². The highest BCUT2D eigenvalue weighted by Crippen LogP contribution is 2.18. The maximum absolute atomic E-state index is 12.2. The van der Waals surface area contributed by atoms with E-state index in [2.05, 4.69) is 15.0 Å². The number of carbonyl (C=O) groups is 1. The number of nitrogens with zero attached hydrogens (tertiary/aromatic N) is 1. The predicted molar refractivity (Wildman–Crippen MR) is 82.1 cm³/mol. The molecule has 0 unspecified atom stereocenters. The Balaban J connectivity index is 2.33. The maximum Gasteiger partial charge on any atom is 0.257 e. The monoisotopic (exact) mass is 325 g/mol. The van der Waals surface area contributed by atoms with E-state index < -0.39 is 10.0 Å². The van der Waals surface area contributed by atoms with E-state index in [1.807, 2.05) is 0 Å². The van der Waals surface area contributed by atoms with Crippen molar-refractivity contribution in [3.63, 3.8) is 0 Å². The van der Waals surface area contributed by atoms with Gasteiger partial charge in [0.15, 0.2) is 5.13 Å². The number of anilines is 1. The summed E-state index contributed by atoms with van der Waals surface area (Å²) in [5, 5.41) is 4.86. The van der Waals surface area contributed by atoms with E-state index >= 15 is 0 Å². The van der Waals surface area contributed by atoms with Gasteiger partial charge in [-0.15, -0.1) is 11.3 Å². The second-order valence-electron chi connectivity index (χ2n) is 4.27. The molecule has 0 saturated heterocycles. The molecule has 1 aromatic carbocycles. The van der Waals surface area contributed by atoms with Crippen molar-refractivity contribution in [3.05, 3.63) is 40.9 Å². The van der Waals surface area contributed by atoms with Crippen LogP contribution in [0.2, 0.25) is 0 Å². The van der Waals surface area contributed by atoms with Crippen molar-refractivity contribution in [3.8, 4) is 0 Å². The smallest absolute Gasteiger partial charge is 0.257 e. The summed E-state index contributed by atoms with van der Waals surface area (Å²) in [5.74, 6) is -0.379. The zero-order valence-electron chi connectivity index (χ0n) is 11.6. The van der Waals surface area contributed by atoms with Gasteiger partial charge in [-0.1, -0.05) is 13.0 Å². The molecule has 0 bridgehead atoms. The van der Waals surface area contributed by atoms with Crippen molar-refractivity contribution < 1.29 is 13.2 Å². The Morgan fingerprint density at radius 2 is 2.14 bits per heavy atom. The Bertz CT molecular complexity index is 740. The lowest BCUT2D eigenvalue weighted by atomic mass is 10.1. The van der Waals surface area contributed by atoms with Gasteiger partial charge in [-0.3, -0.25) is 10.1 Å². The van der Waals surface area contributed by atoms with Crippen LogP contribution in [0.15, 0.2) is 34.7 Å². The van der Waals surface area contributed by atoms with Crippen LogP contribution in [0.4, 0.5) is 5.13 Å². The first-order valence-electron chi connectivity index (χ1n) is 6.25. The Morgan fingerprint density at radius 1 is 1.38 bits per heavy atom. The summed E-state index contributed by atoms with van der Waals surface area (Å²) < 4.78 is 26.4. The number of nitrogens with one attached hydrogen (secondary N) is 2. The second kappa shape index (κ2) is 6.33. The van der Waals surface area contributed by atoms with Crippen molar-refractivity contribution in [1.82, 2.24) is 9.71 Å². The van der Waals surface area contributed by atoms with E-state index in [1.165, 1.54) is 23.5 Å². The third-order valence-electron chi connectivity index (χ3n) is 2.75. The van der Waals surface area contributed by atoms with Gasteiger partial charge < -0.3 is 0 Å². The summed E-state index contributed by atoms with van der Waals surface area (Å²) >= 11 is 1.30. The first-order valence-corrected chi connectivity index (χ1v) is 8.61. The molecule has 8 heteroatoms. The standard InChI is InChI=1S/C13H15N3O3S2/c1-3-15-21(18,19)10-5-4-9(2)11(8-10)12(17)16-13-14-6-7-20-13/h4-8,15H,3H2,1-2H3,(H,14,16,17). The van der Waals surface area contributed by atoms with Gasteiger partial charge in [-0.05, 0) is 24.6 Å². The Labute approximate surface area is 127 Å². The lowest BCUT2D eigenvalue weighted by molar-refractivity contribution is 0.102. The van der Waals surface area contributed by atoms with Gasteiger partial charge in [0, 0.05) is 23.7 Å². The minimum atomic E-state index is -3.59. The number of benzene rings is 1. The molecule has 0 fully saturated rings. The summed E-state index contributed by atoms with van der Waals surface area (Å²) in [4.78, 5) is 16.2. The Morgan fingerprint density at radius 3 is 2.76 bits per heavy atom. The highest BCUT2D eigenvalue weighted by Gasteiger charge is 2.17. The highest BCUT2D eigenvalue weighted by atomic mass is 32.2. The van der Waals surface area contributed by atoms with Crippen LogP contribution in [0.25, 0.3) is 0 Å². The topological polar surface area (TPSA) is 88.2 Å². The SMILES string of the molecule is CCNS(=O)(=O)c1ccc(C)c(C(=O)Nc2nccs2)c1. The number of aromatic nitrogens is 1. The van der Waals surface area contributed by atoms with E-state index in [0.29, 0.717) is 16.3 Å². The molecule has 0 atom stereocenters. The molecule has 2 N–H and O–H groups in total. The second-order valence-corrected chi connectivity index (χ2v) is 6.93. The lowest BCUT2D eigenvalue weighted by Crippen LogP contribution is -2.24. The molecule has 1 amide bonds. The summed E-state index contributed by atoms with van der Waals surface area (Å²) in [6.45, 7) is 3.74. The molecule has 6 nitrogen and oxygen atoms in total. The molecule has 0 saturated carbocycles. The maximum atomic E-state index is 12.2. The van der Waals surface area contributed by atoms with Gasteiger partial charge in [0.1, 0.15) is 0 Å². The number of thiazole rings is 1. The number of rotatable bonds is 5. The van der Waals surface area contributed by atoms with Crippen LogP contribution in [0.3, 0.4) is 0 Å². The normalized spacial score (nSPS) is 11.3. The van der Waals surface area contributed by atoms with Crippen LogP contribution in [0, 0.1) is 6.92 Å². The molecule has 2 aromatic rings. The Hall–Kier alpha value is -1.77. The number of hydrogen-bond acceptors (Lipinski definition) is 5. The molecule has 0 aliphatic carbocycles. The van der Waals surface area contributed by atoms with Gasteiger partial charge in [-0.25, -0.2) is 18.1 Å². The average molecular weight is 325 g/mol. The fourth-order valence-electron chi connectivity index (χ4n) is 1.74. The number of hydrogen-bond donors (Lipinski definition) is 2. The van der Waals surface area contributed by atoms with E-state index in [0.717, 1.165) is 0 Å².